The molecule has 104 valence electrons. The summed E-state index contributed by atoms with van der Waals surface area (Å²) < 4.78 is 0. The topological polar surface area (TPSA) is 0 Å². The molecule has 2 rings (SSSR count). The molecule has 0 spiro atoms. The van der Waals surface area contributed by atoms with Crippen molar-refractivity contribution in [3.8, 4) is 11.1 Å². The summed E-state index contributed by atoms with van der Waals surface area (Å²) in [5.74, 6) is 0. The third kappa shape index (κ3) is 3.49. The second kappa shape index (κ2) is 7.25. The van der Waals surface area contributed by atoms with Gasteiger partial charge in [-0.25, -0.2) is 0 Å². The molecule has 0 heteroatoms. The number of hydrogen-bond acceptors (Lipinski definition) is 0. The molecule has 0 bridgehead atoms. The SMILES string of the molecule is C=C/C=C\C=C(/C)c1ccccc1-c1ccccc1C=C. The van der Waals surface area contributed by atoms with Gasteiger partial charge in [-0.2, -0.15) is 0 Å². The summed E-state index contributed by atoms with van der Waals surface area (Å²) in [6.07, 6.45) is 9.74. The van der Waals surface area contributed by atoms with Crippen LogP contribution in [0, 0.1) is 0 Å². The van der Waals surface area contributed by atoms with E-state index < -0.39 is 0 Å². The Balaban J connectivity index is 2.56. The molecule has 0 radical (unpaired) electrons. The molecule has 0 saturated heterocycles. The first-order valence-electron chi connectivity index (χ1n) is 7.05. The Labute approximate surface area is 127 Å². The van der Waals surface area contributed by atoms with E-state index in [2.05, 4.69) is 68.6 Å². The van der Waals surface area contributed by atoms with E-state index in [0.717, 1.165) is 5.56 Å². The summed E-state index contributed by atoms with van der Waals surface area (Å²) >= 11 is 0. The van der Waals surface area contributed by atoms with Gasteiger partial charge in [0.25, 0.3) is 0 Å². The minimum absolute atomic E-state index is 1.15. The van der Waals surface area contributed by atoms with Crippen LogP contribution in [-0.2, 0) is 0 Å². The van der Waals surface area contributed by atoms with Gasteiger partial charge in [-0.15, -0.1) is 0 Å². The number of benzene rings is 2. The van der Waals surface area contributed by atoms with Gasteiger partial charge < -0.3 is 0 Å². The molecule has 0 aliphatic rings. The standard InChI is InChI=1S/C21H20/c1-4-6-7-12-17(3)19-14-10-11-16-21(19)20-15-9-8-13-18(20)5-2/h4-16H,1-2H2,3H3/b7-6-,17-12+. The summed E-state index contributed by atoms with van der Waals surface area (Å²) in [6, 6.07) is 16.8. The molecule has 0 amide bonds. The minimum Gasteiger partial charge on any atom is -0.0991 e. The maximum atomic E-state index is 3.92. The maximum Gasteiger partial charge on any atom is -0.0103 e. The smallest absolute Gasteiger partial charge is 0.0103 e. The second-order valence-corrected chi connectivity index (χ2v) is 4.81. The molecular formula is C21H20. The molecule has 2 aromatic rings. The van der Waals surface area contributed by atoms with E-state index in [1.54, 1.807) is 6.08 Å². The van der Waals surface area contributed by atoms with Crippen molar-refractivity contribution in [1.82, 2.24) is 0 Å². The van der Waals surface area contributed by atoms with Gasteiger partial charge in [-0.3, -0.25) is 0 Å². The van der Waals surface area contributed by atoms with E-state index in [-0.39, 0.29) is 0 Å². The van der Waals surface area contributed by atoms with Crippen molar-refractivity contribution in [3.05, 3.63) is 97.1 Å². The van der Waals surface area contributed by atoms with Crippen molar-refractivity contribution in [2.24, 2.45) is 0 Å². The molecule has 0 N–H and O–H groups in total. The predicted octanol–water partition coefficient (Wildman–Crippen LogP) is 6.14. The minimum atomic E-state index is 1.15. The van der Waals surface area contributed by atoms with Crippen LogP contribution in [0.4, 0.5) is 0 Å². The molecule has 0 atom stereocenters. The highest BCUT2D eigenvalue weighted by atomic mass is 14.1. The zero-order chi connectivity index (χ0) is 15.1. The van der Waals surface area contributed by atoms with Gasteiger partial charge in [0.1, 0.15) is 0 Å². The number of hydrogen-bond donors (Lipinski definition) is 0. The first kappa shape index (κ1) is 14.8. The molecule has 0 aliphatic heterocycles. The van der Waals surface area contributed by atoms with Crippen molar-refractivity contribution in [2.75, 3.05) is 0 Å². The maximum absolute atomic E-state index is 3.92. The van der Waals surface area contributed by atoms with Crippen LogP contribution >= 0.6 is 0 Å². The summed E-state index contributed by atoms with van der Waals surface area (Å²) in [7, 11) is 0. The van der Waals surface area contributed by atoms with Gasteiger partial charge in [0.05, 0.1) is 0 Å². The van der Waals surface area contributed by atoms with E-state index in [4.69, 9.17) is 0 Å². The van der Waals surface area contributed by atoms with Crippen LogP contribution in [-0.4, -0.2) is 0 Å². The van der Waals surface area contributed by atoms with Gasteiger partial charge in [0.15, 0.2) is 0 Å². The van der Waals surface area contributed by atoms with Crippen molar-refractivity contribution in [2.45, 2.75) is 6.92 Å². The molecule has 0 heterocycles. The molecule has 0 nitrogen and oxygen atoms in total. The van der Waals surface area contributed by atoms with Crippen LogP contribution in [0.1, 0.15) is 18.1 Å². The quantitative estimate of drug-likeness (QED) is 0.573. The molecule has 0 unspecified atom stereocenters. The van der Waals surface area contributed by atoms with Crippen molar-refractivity contribution >= 4 is 11.6 Å². The molecule has 0 fully saturated rings. The van der Waals surface area contributed by atoms with E-state index in [0.29, 0.717) is 0 Å². The van der Waals surface area contributed by atoms with Crippen molar-refractivity contribution < 1.29 is 0 Å². The number of rotatable bonds is 5. The highest BCUT2D eigenvalue weighted by Crippen LogP contribution is 2.31. The summed E-state index contributed by atoms with van der Waals surface area (Å²) in [6.45, 7) is 9.73. The normalized spacial score (nSPS) is 11.6. The van der Waals surface area contributed by atoms with E-state index in [1.165, 1.54) is 22.3 Å². The van der Waals surface area contributed by atoms with Gasteiger partial charge in [-0.05, 0) is 34.8 Å². The summed E-state index contributed by atoms with van der Waals surface area (Å²) in [5.41, 5.74) is 6.06. The lowest BCUT2D eigenvalue weighted by molar-refractivity contribution is 1.52. The summed E-state index contributed by atoms with van der Waals surface area (Å²) in [4.78, 5) is 0. The first-order chi connectivity index (χ1) is 10.3. The van der Waals surface area contributed by atoms with E-state index in [9.17, 15) is 0 Å². The predicted molar refractivity (Wildman–Crippen MR) is 95.0 cm³/mol. The zero-order valence-electron chi connectivity index (χ0n) is 12.4. The first-order valence-corrected chi connectivity index (χ1v) is 7.05. The van der Waals surface area contributed by atoms with Crippen LogP contribution in [0.5, 0.6) is 0 Å². The Hall–Kier alpha value is -2.60. The van der Waals surface area contributed by atoms with Gasteiger partial charge >= 0.3 is 0 Å². The van der Waals surface area contributed by atoms with Gasteiger partial charge in [-0.1, -0.05) is 92.1 Å². The number of allylic oxidation sites excluding steroid dienone is 5. The van der Waals surface area contributed by atoms with E-state index >= 15 is 0 Å². The lowest BCUT2D eigenvalue weighted by atomic mass is 9.92. The highest BCUT2D eigenvalue weighted by molar-refractivity contribution is 5.85. The van der Waals surface area contributed by atoms with Crippen LogP contribution in [0.25, 0.3) is 22.8 Å². The van der Waals surface area contributed by atoms with Crippen molar-refractivity contribution in [1.29, 1.82) is 0 Å². The zero-order valence-corrected chi connectivity index (χ0v) is 12.4. The lowest BCUT2D eigenvalue weighted by Gasteiger charge is -2.12. The molecule has 0 aromatic heterocycles. The third-order valence-electron chi connectivity index (χ3n) is 3.42. The van der Waals surface area contributed by atoms with Crippen molar-refractivity contribution in [3.63, 3.8) is 0 Å². The van der Waals surface area contributed by atoms with Crippen LogP contribution in [0.2, 0.25) is 0 Å². The Morgan fingerprint density at radius 3 is 2.24 bits per heavy atom. The third-order valence-corrected chi connectivity index (χ3v) is 3.42. The van der Waals surface area contributed by atoms with E-state index in [1.807, 2.05) is 24.3 Å². The largest absolute Gasteiger partial charge is 0.0991 e. The van der Waals surface area contributed by atoms with Crippen LogP contribution < -0.4 is 0 Å². The van der Waals surface area contributed by atoms with Crippen LogP contribution in [0.15, 0.2) is 86.0 Å². The fourth-order valence-electron chi connectivity index (χ4n) is 2.35. The Morgan fingerprint density at radius 2 is 1.52 bits per heavy atom. The monoisotopic (exact) mass is 272 g/mol. The Kier molecular flexibility index (Phi) is 5.11. The molecule has 0 saturated carbocycles. The Morgan fingerprint density at radius 1 is 0.857 bits per heavy atom. The molecule has 2 aromatic carbocycles. The molecule has 21 heavy (non-hydrogen) atoms. The molecular weight excluding hydrogens is 252 g/mol. The highest BCUT2D eigenvalue weighted by Gasteiger charge is 2.08. The van der Waals surface area contributed by atoms with Gasteiger partial charge in [0, 0.05) is 0 Å². The summed E-state index contributed by atoms with van der Waals surface area (Å²) in [5, 5.41) is 0. The second-order valence-electron chi connectivity index (χ2n) is 4.81. The van der Waals surface area contributed by atoms with Gasteiger partial charge in [0.2, 0.25) is 0 Å². The Bertz CT molecular complexity index is 699. The average molecular weight is 272 g/mol. The van der Waals surface area contributed by atoms with Crippen LogP contribution in [0.3, 0.4) is 0 Å². The fourth-order valence-corrected chi connectivity index (χ4v) is 2.35. The average Bonchev–Trinajstić information content (AvgIpc) is 2.55. The molecule has 0 aliphatic carbocycles. The fraction of sp³-hybridized carbons (Fsp3) is 0.0476. The lowest BCUT2D eigenvalue weighted by Crippen LogP contribution is -1.89.